The summed E-state index contributed by atoms with van der Waals surface area (Å²) in [5, 5.41) is 2.33. The Morgan fingerprint density at radius 1 is 0.741 bits per heavy atom. The van der Waals surface area contributed by atoms with E-state index in [-0.39, 0.29) is 0 Å². The average molecular weight is 372 g/mol. The first-order chi connectivity index (χ1) is 12.8. The van der Waals surface area contributed by atoms with Crippen LogP contribution in [0.1, 0.15) is 27.8 Å². The fourth-order valence-electron chi connectivity index (χ4n) is 3.66. The molecule has 3 aromatic carbocycles. The Labute approximate surface area is 162 Å². The Kier molecular flexibility index (Phi) is 5.38. The Morgan fingerprint density at radius 2 is 1.15 bits per heavy atom. The third kappa shape index (κ3) is 3.76. The molecule has 27 heavy (non-hydrogen) atoms. The van der Waals surface area contributed by atoms with E-state index in [0.29, 0.717) is 5.31 Å². The molecular weight excluding hydrogens is 347 g/mol. The second-order valence-corrected chi connectivity index (χ2v) is 9.89. The lowest BCUT2D eigenvalue weighted by molar-refractivity contribution is 0.593. The summed E-state index contributed by atoms with van der Waals surface area (Å²) >= 11 is 0. The molecule has 0 saturated heterocycles. The lowest BCUT2D eigenvalue weighted by Gasteiger charge is -2.23. The standard InChI is InChI=1S/C25H25OP/c1-6-25(22-10-8-7-9-11-22)27(26,23-14-18(2)12-19(3)15-23)24-16-20(4)13-21(5)17-24/h7-17H,1H2,2-5H3. The molecule has 0 amide bonds. The molecule has 0 aliphatic rings. The lowest BCUT2D eigenvalue weighted by Crippen LogP contribution is -2.18. The van der Waals surface area contributed by atoms with Crippen molar-refractivity contribution < 1.29 is 4.57 Å². The molecular formula is C25H25OP. The molecule has 2 heteroatoms. The van der Waals surface area contributed by atoms with Gasteiger partial charge in [-0.3, -0.25) is 0 Å². The van der Waals surface area contributed by atoms with Gasteiger partial charge < -0.3 is 4.57 Å². The number of benzene rings is 3. The minimum Gasteiger partial charge on any atom is -0.308 e. The summed E-state index contributed by atoms with van der Waals surface area (Å²) < 4.78 is 14.8. The summed E-state index contributed by atoms with van der Waals surface area (Å²) in [4.78, 5) is 0. The molecule has 0 saturated carbocycles. The molecule has 1 nitrogen and oxygen atoms in total. The first kappa shape index (κ1) is 19.2. The number of rotatable bonds is 4. The van der Waals surface area contributed by atoms with Crippen LogP contribution in [-0.4, -0.2) is 0 Å². The molecule has 136 valence electrons. The van der Waals surface area contributed by atoms with E-state index >= 15 is 0 Å². The van der Waals surface area contributed by atoms with Crippen molar-refractivity contribution in [1.29, 1.82) is 0 Å². The van der Waals surface area contributed by atoms with Crippen LogP contribution in [0.25, 0.3) is 5.31 Å². The van der Waals surface area contributed by atoms with Gasteiger partial charge in [0, 0.05) is 10.6 Å². The van der Waals surface area contributed by atoms with Crippen molar-refractivity contribution in [2.45, 2.75) is 27.7 Å². The van der Waals surface area contributed by atoms with Crippen LogP contribution in [-0.2, 0) is 4.57 Å². The molecule has 3 aromatic rings. The molecule has 0 spiro atoms. The van der Waals surface area contributed by atoms with Gasteiger partial charge in [-0.15, -0.1) is 5.73 Å². The van der Waals surface area contributed by atoms with E-state index < -0.39 is 7.14 Å². The van der Waals surface area contributed by atoms with Crippen LogP contribution in [0.3, 0.4) is 0 Å². The molecule has 0 aliphatic heterocycles. The number of hydrogen-bond acceptors (Lipinski definition) is 1. The number of aryl methyl sites for hydroxylation is 4. The maximum atomic E-state index is 14.8. The van der Waals surface area contributed by atoms with Crippen LogP contribution < -0.4 is 10.6 Å². The summed E-state index contributed by atoms with van der Waals surface area (Å²) in [5.74, 6) is 0. The van der Waals surface area contributed by atoms with Gasteiger partial charge in [-0.05, 0) is 57.5 Å². The zero-order valence-electron chi connectivity index (χ0n) is 16.4. The van der Waals surface area contributed by atoms with Gasteiger partial charge in [0.05, 0.1) is 5.31 Å². The van der Waals surface area contributed by atoms with Crippen molar-refractivity contribution in [3.63, 3.8) is 0 Å². The van der Waals surface area contributed by atoms with E-state index in [1.54, 1.807) is 0 Å². The second kappa shape index (κ2) is 7.57. The van der Waals surface area contributed by atoms with Crippen LogP contribution in [0, 0.1) is 27.7 Å². The quantitative estimate of drug-likeness (QED) is 0.402. The first-order valence-electron chi connectivity index (χ1n) is 9.08. The Morgan fingerprint density at radius 3 is 1.52 bits per heavy atom. The van der Waals surface area contributed by atoms with Gasteiger partial charge in [-0.2, -0.15) is 0 Å². The van der Waals surface area contributed by atoms with E-state index in [1.165, 1.54) is 0 Å². The third-order valence-electron chi connectivity index (χ3n) is 4.67. The maximum Gasteiger partial charge on any atom is 0.179 e. The molecule has 0 N–H and O–H groups in total. The van der Waals surface area contributed by atoms with Crippen molar-refractivity contribution >= 4 is 23.1 Å². The minimum atomic E-state index is -3.12. The zero-order chi connectivity index (χ0) is 19.6. The summed E-state index contributed by atoms with van der Waals surface area (Å²) in [5.41, 5.74) is 8.35. The van der Waals surface area contributed by atoms with Crippen molar-refractivity contribution in [3.05, 3.63) is 107 Å². The molecule has 0 atom stereocenters. The van der Waals surface area contributed by atoms with Crippen molar-refractivity contribution in [2.24, 2.45) is 0 Å². The maximum absolute atomic E-state index is 14.8. The van der Waals surface area contributed by atoms with Gasteiger partial charge >= 0.3 is 0 Å². The fraction of sp³-hybridized carbons (Fsp3) is 0.160. The summed E-state index contributed by atoms with van der Waals surface area (Å²) in [6, 6.07) is 22.2. The highest BCUT2D eigenvalue weighted by molar-refractivity contribution is 7.87. The van der Waals surface area contributed by atoms with Crippen LogP contribution in [0.2, 0.25) is 0 Å². The van der Waals surface area contributed by atoms with Crippen LogP contribution in [0.15, 0.2) is 79.0 Å². The highest BCUT2D eigenvalue weighted by Gasteiger charge is 2.33. The SMILES string of the molecule is C=C=C(c1ccccc1)P(=O)(c1cc(C)cc(C)c1)c1cc(C)cc(C)c1. The minimum absolute atomic E-state index is 0.665. The normalized spacial score (nSPS) is 11.1. The van der Waals surface area contributed by atoms with Crippen LogP contribution >= 0.6 is 7.14 Å². The van der Waals surface area contributed by atoms with Gasteiger partial charge in [-0.25, -0.2) is 0 Å². The van der Waals surface area contributed by atoms with E-state index in [0.717, 1.165) is 38.4 Å². The van der Waals surface area contributed by atoms with Crippen molar-refractivity contribution in [3.8, 4) is 0 Å². The van der Waals surface area contributed by atoms with Gasteiger partial charge in [0.25, 0.3) is 0 Å². The smallest absolute Gasteiger partial charge is 0.179 e. The van der Waals surface area contributed by atoms with Gasteiger partial charge in [-0.1, -0.05) is 71.3 Å². The molecule has 0 fully saturated rings. The summed E-state index contributed by atoms with van der Waals surface area (Å²) in [6.45, 7) is 12.1. The van der Waals surface area contributed by atoms with Crippen molar-refractivity contribution in [2.75, 3.05) is 0 Å². The Hall–Kier alpha value is -2.59. The molecule has 0 bridgehead atoms. The number of hydrogen-bond donors (Lipinski definition) is 0. The predicted octanol–water partition coefficient (Wildman–Crippen LogP) is 6.06. The van der Waals surface area contributed by atoms with E-state index in [9.17, 15) is 4.57 Å². The Balaban J connectivity index is 2.39. The van der Waals surface area contributed by atoms with Gasteiger partial charge in [0.1, 0.15) is 0 Å². The second-order valence-electron chi connectivity index (χ2n) is 7.19. The largest absolute Gasteiger partial charge is 0.308 e. The van der Waals surface area contributed by atoms with Gasteiger partial charge in [0.15, 0.2) is 7.14 Å². The highest BCUT2D eigenvalue weighted by Crippen LogP contribution is 2.56. The third-order valence-corrected chi connectivity index (χ3v) is 7.69. The zero-order valence-corrected chi connectivity index (χ0v) is 17.3. The first-order valence-corrected chi connectivity index (χ1v) is 10.8. The van der Waals surface area contributed by atoms with Crippen molar-refractivity contribution in [1.82, 2.24) is 0 Å². The van der Waals surface area contributed by atoms with E-state index in [2.05, 4.69) is 24.4 Å². The molecule has 0 radical (unpaired) electrons. The Bertz CT molecular complexity index is 991. The van der Waals surface area contributed by atoms with Crippen LogP contribution in [0.4, 0.5) is 0 Å². The molecule has 0 aromatic heterocycles. The molecule has 0 aliphatic carbocycles. The predicted molar refractivity (Wildman–Crippen MR) is 118 cm³/mol. The van der Waals surface area contributed by atoms with Crippen LogP contribution in [0.5, 0.6) is 0 Å². The monoisotopic (exact) mass is 372 g/mol. The fourth-order valence-corrected chi connectivity index (χ4v) is 6.76. The van der Waals surface area contributed by atoms with E-state index in [1.807, 2.05) is 82.3 Å². The highest BCUT2D eigenvalue weighted by atomic mass is 31.2. The summed E-state index contributed by atoms with van der Waals surface area (Å²) in [7, 11) is -3.12. The topological polar surface area (TPSA) is 17.1 Å². The summed E-state index contributed by atoms with van der Waals surface area (Å²) in [6.07, 6.45) is 0. The molecule has 3 rings (SSSR count). The molecule has 0 heterocycles. The lowest BCUT2D eigenvalue weighted by atomic mass is 10.2. The molecule has 0 unspecified atom stereocenters. The average Bonchev–Trinajstić information content (AvgIpc) is 2.61. The van der Waals surface area contributed by atoms with Gasteiger partial charge in [0.2, 0.25) is 0 Å². The van der Waals surface area contributed by atoms with E-state index in [4.69, 9.17) is 0 Å².